The predicted octanol–water partition coefficient (Wildman–Crippen LogP) is 2.92. The number of likely N-dealkylation sites (N-methyl/N-ethyl adjacent to an activating group) is 1. The number of carbonyl (C=O) groups is 1. The molecule has 0 spiro atoms. The number of carbonyl (C=O) groups excluding carboxylic acids is 1. The van der Waals surface area contributed by atoms with Gasteiger partial charge < -0.3 is 9.32 Å². The topological polar surface area (TPSA) is 53.8 Å². The van der Waals surface area contributed by atoms with Gasteiger partial charge in [-0.2, -0.15) is 0 Å². The average Bonchev–Trinajstić information content (AvgIpc) is 2.68. The van der Waals surface area contributed by atoms with E-state index in [-0.39, 0.29) is 23.1 Å². The van der Waals surface area contributed by atoms with Gasteiger partial charge in [-0.05, 0) is 24.7 Å². The lowest BCUT2D eigenvalue weighted by molar-refractivity contribution is 0.0517. The summed E-state index contributed by atoms with van der Waals surface area (Å²) in [5, 5.41) is 0.490. The lowest BCUT2D eigenvalue weighted by Crippen LogP contribution is -2.49. The molecule has 0 radical (unpaired) electrons. The van der Waals surface area contributed by atoms with Crippen LogP contribution in [0.2, 0.25) is 0 Å². The molecule has 1 aliphatic heterocycles. The van der Waals surface area contributed by atoms with Gasteiger partial charge in [0.2, 0.25) is 0 Å². The van der Waals surface area contributed by atoms with E-state index in [0.29, 0.717) is 24.1 Å². The number of hydrogen-bond donors (Lipinski definition) is 0. The first-order chi connectivity index (χ1) is 12.6. The summed E-state index contributed by atoms with van der Waals surface area (Å²) in [7, 11) is 2.07. The molecule has 1 atom stereocenters. The Kier molecular flexibility index (Phi) is 4.31. The van der Waals surface area contributed by atoms with Crippen LogP contribution in [-0.2, 0) is 0 Å². The van der Waals surface area contributed by atoms with Crippen molar-refractivity contribution in [1.82, 2.24) is 9.80 Å². The predicted molar refractivity (Wildman–Crippen MR) is 100 cm³/mol. The minimum absolute atomic E-state index is 0.102. The van der Waals surface area contributed by atoms with Gasteiger partial charge in [0.05, 0.1) is 11.4 Å². The Bertz CT molecular complexity index is 997. The summed E-state index contributed by atoms with van der Waals surface area (Å²) in [5.41, 5.74) is 1.42. The quantitative estimate of drug-likeness (QED) is 0.715. The van der Waals surface area contributed by atoms with E-state index < -0.39 is 0 Å². The number of hydrogen-bond acceptors (Lipinski definition) is 4. The smallest absolute Gasteiger partial charge is 0.289 e. The molecule has 0 bridgehead atoms. The van der Waals surface area contributed by atoms with Gasteiger partial charge in [0.1, 0.15) is 5.58 Å². The maximum Gasteiger partial charge on any atom is 0.289 e. The molecule has 5 heteroatoms. The number of para-hydroxylation sites is 1. The van der Waals surface area contributed by atoms with Gasteiger partial charge in [0.25, 0.3) is 5.91 Å². The molecule has 1 aromatic heterocycles. The fraction of sp³-hybridized carbons (Fsp3) is 0.238. The molecule has 3 aromatic rings. The van der Waals surface area contributed by atoms with E-state index in [2.05, 4.69) is 24.1 Å². The van der Waals surface area contributed by atoms with E-state index in [9.17, 15) is 9.59 Å². The fourth-order valence-corrected chi connectivity index (χ4v) is 3.46. The second-order valence-electron chi connectivity index (χ2n) is 6.63. The molecule has 132 valence electrons. The second kappa shape index (κ2) is 6.77. The van der Waals surface area contributed by atoms with Gasteiger partial charge in [-0.15, -0.1) is 0 Å². The zero-order chi connectivity index (χ0) is 18.1. The minimum Gasteiger partial charge on any atom is -0.451 e. The molecule has 26 heavy (non-hydrogen) atoms. The maximum absolute atomic E-state index is 13.0. The lowest BCUT2D eigenvalue weighted by Gasteiger charge is -2.39. The Hall–Kier alpha value is -2.92. The Labute approximate surface area is 151 Å². The number of rotatable bonds is 2. The summed E-state index contributed by atoms with van der Waals surface area (Å²) in [5.74, 6) is -0.132. The van der Waals surface area contributed by atoms with Crippen LogP contribution in [0.3, 0.4) is 0 Å². The van der Waals surface area contributed by atoms with Crippen LogP contribution in [0.4, 0.5) is 0 Å². The molecule has 1 amide bonds. The highest BCUT2D eigenvalue weighted by atomic mass is 16.3. The highest BCUT2D eigenvalue weighted by Crippen LogP contribution is 2.25. The largest absolute Gasteiger partial charge is 0.451 e. The SMILES string of the molecule is CN1CCN(C(=O)c2cc(=O)c3ccccc3o2)C[C@H]1c1ccccc1. The summed E-state index contributed by atoms with van der Waals surface area (Å²) in [4.78, 5) is 29.3. The summed E-state index contributed by atoms with van der Waals surface area (Å²) in [6, 6.07) is 18.6. The third-order valence-electron chi connectivity index (χ3n) is 4.96. The molecule has 4 rings (SSSR count). The van der Waals surface area contributed by atoms with Crippen molar-refractivity contribution in [2.45, 2.75) is 6.04 Å². The highest BCUT2D eigenvalue weighted by Gasteiger charge is 2.30. The molecule has 0 saturated carbocycles. The van der Waals surface area contributed by atoms with Crippen LogP contribution in [0.5, 0.6) is 0 Å². The summed E-state index contributed by atoms with van der Waals surface area (Å²) in [6.45, 7) is 1.94. The number of benzene rings is 2. The molecular weight excluding hydrogens is 328 g/mol. The number of nitrogens with zero attached hydrogens (tertiary/aromatic N) is 2. The van der Waals surface area contributed by atoms with Crippen LogP contribution >= 0.6 is 0 Å². The van der Waals surface area contributed by atoms with Gasteiger partial charge in [0, 0.05) is 25.7 Å². The number of amides is 1. The van der Waals surface area contributed by atoms with Crippen LogP contribution in [0.15, 0.2) is 69.9 Å². The summed E-state index contributed by atoms with van der Waals surface area (Å²) >= 11 is 0. The number of piperazine rings is 1. The minimum atomic E-state index is -0.234. The van der Waals surface area contributed by atoms with Crippen LogP contribution in [0.1, 0.15) is 22.2 Å². The van der Waals surface area contributed by atoms with Gasteiger partial charge in [-0.1, -0.05) is 42.5 Å². The van der Waals surface area contributed by atoms with E-state index in [0.717, 1.165) is 6.54 Å². The highest BCUT2D eigenvalue weighted by molar-refractivity contribution is 5.93. The molecule has 2 heterocycles. The van der Waals surface area contributed by atoms with Crippen LogP contribution < -0.4 is 5.43 Å². The van der Waals surface area contributed by atoms with E-state index in [4.69, 9.17) is 4.42 Å². The molecule has 1 fully saturated rings. The Morgan fingerprint density at radius 1 is 1.04 bits per heavy atom. The van der Waals surface area contributed by atoms with E-state index in [1.165, 1.54) is 11.6 Å². The third kappa shape index (κ3) is 3.02. The van der Waals surface area contributed by atoms with Crippen LogP contribution in [-0.4, -0.2) is 42.4 Å². The third-order valence-corrected chi connectivity index (χ3v) is 4.96. The first-order valence-electron chi connectivity index (χ1n) is 8.71. The Morgan fingerprint density at radius 3 is 2.58 bits per heavy atom. The van der Waals surface area contributed by atoms with Crippen LogP contribution in [0.25, 0.3) is 11.0 Å². The maximum atomic E-state index is 13.0. The molecule has 1 aliphatic rings. The normalized spacial score (nSPS) is 18.2. The summed E-state index contributed by atoms with van der Waals surface area (Å²) < 4.78 is 5.72. The van der Waals surface area contributed by atoms with Gasteiger partial charge in [-0.3, -0.25) is 14.5 Å². The van der Waals surface area contributed by atoms with Crippen molar-refractivity contribution in [2.75, 3.05) is 26.7 Å². The lowest BCUT2D eigenvalue weighted by atomic mass is 10.0. The van der Waals surface area contributed by atoms with Crippen LogP contribution in [0, 0.1) is 0 Å². The van der Waals surface area contributed by atoms with E-state index in [1.54, 1.807) is 29.2 Å². The monoisotopic (exact) mass is 348 g/mol. The van der Waals surface area contributed by atoms with E-state index in [1.807, 2.05) is 18.2 Å². The molecule has 0 N–H and O–H groups in total. The Balaban J connectivity index is 1.63. The van der Waals surface area contributed by atoms with Crippen molar-refractivity contribution in [3.63, 3.8) is 0 Å². The van der Waals surface area contributed by atoms with E-state index >= 15 is 0 Å². The standard InChI is InChI=1S/C21H20N2O3/c1-22-11-12-23(14-17(22)15-7-3-2-4-8-15)21(25)20-13-18(24)16-9-5-6-10-19(16)26-20/h2-10,13,17H,11-12,14H2,1H3/t17-/m0/s1. The molecular formula is C21H20N2O3. The fourth-order valence-electron chi connectivity index (χ4n) is 3.46. The van der Waals surface area contributed by atoms with Crippen molar-refractivity contribution in [2.24, 2.45) is 0 Å². The van der Waals surface area contributed by atoms with Crippen molar-refractivity contribution < 1.29 is 9.21 Å². The van der Waals surface area contributed by atoms with Crippen molar-refractivity contribution in [3.05, 3.63) is 82.2 Å². The zero-order valence-corrected chi connectivity index (χ0v) is 14.6. The second-order valence-corrected chi connectivity index (χ2v) is 6.63. The van der Waals surface area contributed by atoms with Gasteiger partial charge >= 0.3 is 0 Å². The Morgan fingerprint density at radius 2 is 1.77 bits per heavy atom. The van der Waals surface area contributed by atoms with Gasteiger partial charge in [0.15, 0.2) is 11.2 Å². The van der Waals surface area contributed by atoms with Gasteiger partial charge in [-0.25, -0.2) is 0 Å². The molecule has 5 nitrogen and oxygen atoms in total. The van der Waals surface area contributed by atoms with Crippen molar-refractivity contribution >= 4 is 16.9 Å². The molecule has 1 saturated heterocycles. The summed E-state index contributed by atoms with van der Waals surface area (Å²) in [6.07, 6.45) is 0. The first kappa shape index (κ1) is 16.5. The molecule has 0 aliphatic carbocycles. The average molecular weight is 348 g/mol. The van der Waals surface area contributed by atoms with Crippen molar-refractivity contribution in [3.8, 4) is 0 Å². The first-order valence-corrected chi connectivity index (χ1v) is 8.71. The number of fused-ring (bicyclic) bond motifs is 1. The zero-order valence-electron chi connectivity index (χ0n) is 14.6. The molecule has 2 aromatic carbocycles. The molecule has 0 unspecified atom stereocenters. The van der Waals surface area contributed by atoms with Crippen molar-refractivity contribution in [1.29, 1.82) is 0 Å².